The molecule has 1 aromatic carbocycles. The van der Waals surface area contributed by atoms with Crippen molar-refractivity contribution in [2.75, 3.05) is 0 Å². The Morgan fingerprint density at radius 1 is 1.13 bits per heavy atom. The summed E-state index contributed by atoms with van der Waals surface area (Å²) in [5.74, 6) is -3.72. The quantitative estimate of drug-likeness (QED) is 0.577. The van der Waals surface area contributed by atoms with Gasteiger partial charge in [-0.1, -0.05) is 0 Å². The third kappa shape index (κ3) is 2.37. The molecule has 0 spiro atoms. The average molecular weight is 212 g/mol. The Balaban J connectivity index is 3.33. The van der Waals surface area contributed by atoms with Gasteiger partial charge >= 0.3 is 11.9 Å². The Bertz CT molecular complexity index is 423. The third-order valence-electron chi connectivity index (χ3n) is 1.74. The molecule has 6 heteroatoms. The van der Waals surface area contributed by atoms with Crippen LogP contribution in [0.4, 0.5) is 0 Å². The zero-order valence-electron chi connectivity index (χ0n) is 7.47. The molecule has 0 saturated heterocycles. The summed E-state index contributed by atoms with van der Waals surface area (Å²) < 4.78 is 0. The number of hydrogen-bond acceptors (Lipinski definition) is 4. The minimum absolute atomic E-state index is 0.146. The fourth-order valence-electron chi connectivity index (χ4n) is 1.22. The number of phenolic OH excluding ortho intramolecular Hbond substituents is 1. The highest BCUT2D eigenvalue weighted by molar-refractivity contribution is 5.94. The Labute approximate surface area is 84.0 Å². The van der Waals surface area contributed by atoms with Crippen molar-refractivity contribution in [2.45, 2.75) is 6.42 Å². The van der Waals surface area contributed by atoms with Gasteiger partial charge in [-0.3, -0.25) is 4.79 Å². The number of carboxylic acids is 2. The Hall–Kier alpha value is -2.24. The van der Waals surface area contributed by atoms with Crippen LogP contribution >= 0.6 is 0 Å². The van der Waals surface area contributed by atoms with Gasteiger partial charge in [-0.2, -0.15) is 0 Å². The summed E-state index contributed by atoms with van der Waals surface area (Å²) in [6.45, 7) is 0. The lowest BCUT2D eigenvalue weighted by atomic mass is 10.0. The zero-order chi connectivity index (χ0) is 11.6. The second kappa shape index (κ2) is 3.87. The van der Waals surface area contributed by atoms with Gasteiger partial charge < -0.3 is 20.4 Å². The number of rotatable bonds is 3. The maximum Gasteiger partial charge on any atom is 0.339 e. The molecular formula is C9H8O6. The van der Waals surface area contributed by atoms with E-state index in [2.05, 4.69) is 0 Å². The molecule has 0 bridgehead atoms. The average Bonchev–Trinajstić information content (AvgIpc) is 1.99. The molecule has 0 fully saturated rings. The van der Waals surface area contributed by atoms with Crippen LogP contribution in [-0.4, -0.2) is 32.4 Å². The number of carbonyl (C=O) groups is 2. The van der Waals surface area contributed by atoms with Gasteiger partial charge in [0.25, 0.3) is 0 Å². The predicted molar refractivity (Wildman–Crippen MR) is 48.1 cm³/mol. The third-order valence-corrected chi connectivity index (χ3v) is 1.74. The largest absolute Gasteiger partial charge is 0.508 e. The van der Waals surface area contributed by atoms with E-state index in [0.29, 0.717) is 0 Å². The van der Waals surface area contributed by atoms with Crippen molar-refractivity contribution in [1.29, 1.82) is 0 Å². The smallest absolute Gasteiger partial charge is 0.339 e. The maximum absolute atomic E-state index is 10.7. The molecule has 0 aliphatic carbocycles. The molecule has 0 amide bonds. The minimum Gasteiger partial charge on any atom is -0.508 e. The molecule has 0 radical (unpaired) electrons. The molecule has 0 aromatic heterocycles. The van der Waals surface area contributed by atoms with E-state index < -0.39 is 29.7 Å². The highest BCUT2D eigenvalue weighted by atomic mass is 16.4. The second-order valence-electron chi connectivity index (χ2n) is 2.87. The van der Waals surface area contributed by atoms with Crippen molar-refractivity contribution in [3.8, 4) is 11.5 Å². The lowest BCUT2D eigenvalue weighted by Gasteiger charge is -2.06. The molecule has 1 rings (SSSR count). The van der Waals surface area contributed by atoms with Gasteiger partial charge in [0.15, 0.2) is 0 Å². The van der Waals surface area contributed by atoms with Crippen LogP contribution in [0.15, 0.2) is 12.1 Å². The van der Waals surface area contributed by atoms with E-state index >= 15 is 0 Å². The molecule has 0 aliphatic heterocycles. The summed E-state index contributed by atoms with van der Waals surface area (Å²) >= 11 is 0. The fraction of sp³-hybridized carbons (Fsp3) is 0.111. The van der Waals surface area contributed by atoms with Crippen molar-refractivity contribution >= 4 is 11.9 Å². The van der Waals surface area contributed by atoms with Gasteiger partial charge in [0.1, 0.15) is 17.1 Å². The molecule has 6 nitrogen and oxygen atoms in total. The Kier molecular flexibility index (Phi) is 2.80. The minimum atomic E-state index is -1.44. The van der Waals surface area contributed by atoms with Crippen LogP contribution in [0.1, 0.15) is 15.9 Å². The van der Waals surface area contributed by atoms with Gasteiger partial charge in [0, 0.05) is 6.07 Å². The van der Waals surface area contributed by atoms with E-state index in [0.717, 1.165) is 12.1 Å². The number of aromatic carboxylic acids is 1. The summed E-state index contributed by atoms with van der Waals surface area (Å²) in [5, 5.41) is 35.5. The van der Waals surface area contributed by atoms with Crippen LogP contribution in [0.5, 0.6) is 11.5 Å². The first-order valence-corrected chi connectivity index (χ1v) is 3.91. The fourth-order valence-corrected chi connectivity index (χ4v) is 1.22. The molecular weight excluding hydrogens is 204 g/mol. The van der Waals surface area contributed by atoms with Gasteiger partial charge in [0.05, 0.1) is 6.42 Å². The number of aliphatic carboxylic acids is 1. The van der Waals surface area contributed by atoms with Crippen molar-refractivity contribution < 1.29 is 30.0 Å². The monoisotopic (exact) mass is 212 g/mol. The molecule has 80 valence electrons. The first-order valence-electron chi connectivity index (χ1n) is 3.91. The molecule has 0 aliphatic rings. The van der Waals surface area contributed by atoms with E-state index in [9.17, 15) is 14.7 Å². The van der Waals surface area contributed by atoms with Gasteiger partial charge in [-0.05, 0) is 11.6 Å². The van der Waals surface area contributed by atoms with Crippen molar-refractivity contribution in [1.82, 2.24) is 0 Å². The van der Waals surface area contributed by atoms with Crippen LogP contribution in [0.25, 0.3) is 0 Å². The van der Waals surface area contributed by atoms with Crippen molar-refractivity contribution in [3.05, 3.63) is 23.3 Å². The van der Waals surface area contributed by atoms with Gasteiger partial charge in [0.2, 0.25) is 0 Å². The summed E-state index contributed by atoms with van der Waals surface area (Å²) in [4.78, 5) is 21.1. The van der Waals surface area contributed by atoms with E-state index in [-0.39, 0.29) is 11.3 Å². The van der Waals surface area contributed by atoms with Crippen LogP contribution in [0, 0.1) is 0 Å². The molecule has 4 N–H and O–H groups in total. The maximum atomic E-state index is 10.7. The van der Waals surface area contributed by atoms with Crippen LogP contribution in [-0.2, 0) is 11.2 Å². The summed E-state index contributed by atoms with van der Waals surface area (Å²) in [5.41, 5.74) is -0.650. The molecule has 1 aromatic rings. The van der Waals surface area contributed by atoms with E-state index in [1.54, 1.807) is 0 Å². The zero-order valence-corrected chi connectivity index (χ0v) is 7.47. The van der Waals surface area contributed by atoms with Gasteiger partial charge in [-0.25, -0.2) is 4.79 Å². The standard InChI is InChI=1S/C9H8O6/c10-5-1-4(2-7(12)13)8(9(14)15)6(11)3-5/h1,3,10-11H,2H2,(H,12,13)(H,14,15). The van der Waals surface area contributed by atoms with Crippen molar-refractivity contribution in [3.63, 3.8) is 0 Å². The number of benzene rings is 1. The predicted octanol–water partition coefficient (Wildman–Crippen LogP) is 0.423. The number of carboxylic acid groups (broad SMARTS) is 2. The Morgan fingerprint density at radius 3 is 2.20 bits per heavy atom. The molecule has 0 atom stereocenters. The van der Waals surface area contributed by atoms with E-state index in [1.165, 1.54) is 0 Å². The number of aromatic hydroxyl groups is 2. The first kappa shape index (κ1) is 10.8. The normalized spacial score (nSPS) is 9.87. The van der Waals surface area contributed by atoms with E-state index in [4.69, 9.17) is 15.3 Å². The molecule has 0 heterocycles. The highest BCUT2D eigenvalue weighted by Crippen LogP contribution is 2.27. The number of phenols is 2. The molecule has 15 heavy (non-hydrogen) atoms. The Morgan fingerprint density at radius 2 is 1.73 bits per heavy atom. The number of hydrogen-bond donors (Lipinski definition) is 4. The van der Waals surface area contributed by atoms with Crippen molar-refractivity contribution in [2.24, 2.45) is 0 Å². The summed E-state index contributed by atoms with van der Waals surface area (Å²) in [6.07, 6.45) is -0.580. The van der Waals surface area contributed by atoms with E-state index in [1.807, 2.05) is 0 Å². The first-order chi connectivity index (χ1) is 6.91. The lowest BCUT2D eigenvalue weighted by molar-refractivity contribution is -0.136. The molecule has 0 saturated carbocycles. The van der Waals surface area contributed by atoms with Crippen LogP contribution in [0.3, 0.4) is 0 Å². The van der Waals surface area contributed by atoms with Crippen LogP contribution in [0.2, 0.25) is 0 Å². The molecule has 0 unspecified atom stereocenters. The summed E-state index contributed by atoms with van der Waals surface area (Å²) in [6, 6.07) is 1.84. The topological polar surface area (TPSA) is 115 Å². The lowest BCUT2D eigenvalue weighted by Crippen LogP contribution is -2.08. The SMILES string of the molecule is O=C(O)Cc1cc(O)cc(O)c1C(=O)O. The second-order valence-corrected chi connectivity index (χ2v) is 2.87. The highest BCUT2D eigenvalue weighted by Gasteiger charge is 2.18. The van der Waals surface area contributed by atoms with Gasteiger partial charge in [-0.15, -0.1) is 0 Å². The van der Waals surface area contributed by atoms with Crippen LogP contribution < -0.4 is 0 Å². The summed E-state index contributed by atoms with van der Waals surface area (Å²) in [7, 11) is 0.